The number of nitrogens with one attached hydrogen (secondary N) is 1. The maximum atomic E-state index is 13.1. The predicted molar refractivity (Wildman–Crippen MR) is 151 cm³/mol. The van der Waals surface area contributed by atoms with Crippen molar-refractivity contribution in [3.63, 3.8) is 0 Å². The number of amides is 1. The fourth-order valence-corrected chi connectivity index (χ4v) is 5.34. The summed E-state index contributed by atoms with van der Waals surface area (Å²) >= 11 is 1.33. The fourth-order valence-electron chi connectivity index (χ4n) is 4.53. The van der Waals surface area contributed by atoms with Crippen LogP contribution in [0.4, 0.5) is 27.6 Å². The molecule has 43 heavy (non-hydrogen) atoms. The normalized spacial score (nSPS) is 18.8. The number of halogens is 5. The summed E-state index contributed by atoms with van der Waals surface area (Å²) in [6.45, 7) is 4.14. The number of hydrogen-bond acceptors (Lipinski definition) is 8. The molecule has 1 N–H and O–H groups in total. The molecular weight excluding hydrogens is 595 g/mol. The van der Waals surface area contributed by atoms with E-state index in [9.17, 15) is 26.7 Å². The Kier molecular flexibility index (Phi) is 8.74. The highest BCUT2D eigenvalue weighted by Crippen LogP contribution is 2.37. The molecule has 2 heterocycles. The van der Waals surface area contributed by atoms with E-state index in [1.54, 1.807) is 4.90 Å². The van der Waals surface area contributed by atoms with Gasteiger partial charge in [0.05, 0.1) is 23.2 Å². The van der Waals surface area contributed by atoms with Gasteiger partial charge in [-0.3, -0.25) is 14.5 Å². The Morgan fingerprint density at radius 3 is 2.51 bits per heavy atom. The van der Waals surface area contributed by atoms with Gasteiger partial charge in [0.2, 0.25) is 5.91 Å². The van der Waals surface area contributed by atoms with Gasteiger partial charge in [-0.2, -0.15) is 27.5 Å². The Morgan fingerprint density at radius 1 is 1.09 bits per heavy atom. The first-order chi connectivity index (χ1) is 20.4. The third kappa shape index (κ3) is 6.82. The van der Waals surface area contributed by atoms with Crippen molar-refractivity contribution in [1.82, 2.24) is 20.4 Å². The van der Waals surface area contributed by atoms with Crippen LogP contribution < -0.4 is 15.2 Å². The molecule has 0 bridgehead atoms. The Labute approximate surface area is 247 Å². The number of hydrogen-bond donors (Lipinski definition) is 1. The third-order valence-corrected chi connectivity index (χ3v) is 7.67. The van der Waals surface area contributed by atoms with Crippen molar-refractivity contribution in [3.8, 4) is 11.4 Å². The second kappa shape index (κ2) is 12.3. The van der Waals surface area contributed by atoms with Crippen molar-refractivity contribution in [2.24, 2.45) is 5.10 Å². The minimum Gasteiger partial charge on any atom is -0.426 e. The number of para-hydroxylation sites is 1. The molecule has 228 valence electrons. The number of thioether (sulfide) groups is 1. The lowest BCUT2D eigenvalue weighted by molar-refractivity contribution is -0.360. The van der Waals surface area contributed by atoms with Crippen LogP contribution in [-0.2, 0) is 9.63 Å². The van der Waals surface area contributed by atoms with Crippen LogP contribution in [-0.4, -0.2) is 50.0 Å². The number of nitrogens with zero attached hydrogens (tertiary/aromatic N) is 5. The van der Waals surface area contributed by atoms with Gasteiger partial charge in [-0.1, -0.05) is 49.9 Å². The zero-order valence-electron chi connectivity index (χ0n) is 23.0. The number of carbonyl (C=O) groups is 1. The summed E-state index contributed by atoms with van der Waals surface area (Å²) in [6, 6.07) is 12.3. The van der Waals surface area contributed by atoms with Crippen LogP contribution in [0, 0.1) is 0 Å². The van der Waals surface area contributed by atoms with Crippen molar-refractivity contribution in [2.75, 3.05) is 10.7 Å². The summed E-state index contributed by atoms with van der Waals surface area (Å²) in [6.07, 6.45) is -6.16. The van der Waals surface area contributed by atoms with Gasteiger partial charge in [0.25, 0.3) is 0 Å². The number of allylic oxidation sites excluding steroid dienone is 1. The van der Waals surface area contributed by atoms with E-state index < -0.39 is 18.0 Å². The summed E-state index contributed by atoms with van der Waals surface area (Å²) in [5.41, 5.74) is 5.79. The Morgan fingerprint density at radius 2 is 1.84 bits per heavy atom. The molecule has 1 aliphatic heterocycles. The van der Waals surface area contributed by atoms with Crippen molar-refractivity contribution >= 4 is 34.1 Å². The number of carbonyl (C=O) groups excluding carboxylic acids is 1. The quantitative estimate of drug-likeness (QED) is 0.217. The van der Waals surface area contributed by atoms with Crippen LogP contribution in [0.2, 0.25) is 0 Å². The Bertz CT molecular complexity index is 1520. The van der Waals surface area contributed by atoms with E-state index in [0.717, 1.165) is 29.0 Å². The van der Waals surface area contributed by atoms with Crippen LogP contribution >= 0.6 is 11.8 Å². The molecule has 2 aromatic carbocycles. The molecule has 9 nitrogen and oxygen atoms in total. The molecule has 0 saturated carbocycles. The summed E-state index contributed by atoms with van der Waals surface area (Å²) in [5, 5.41) is 9.24. The van der Waals surface area contributed by atoms with Gasteiger partial charge in [0.1, 0.15) is 12.1 Å². The average molecular weight is 623 g/mol. The Hall–Kier alpha value is -3.98. The standard InChI is InChI=1S/C28H27F5N6O3S/c1-17(2)22-5-3-4-6-23(22)39-24(40)15-43-26(39)35-37-42-21-11-7-18(8-12-21)25-34-16-38(36-25)19-9-13-20(14-10-19)41-28(32,33)27(29,30)31/h3-7,9-10,13-14,16-17,21,37H,8,11-12,15H2,1-2H3/b35-26-. The molecule has 1 unspecified atom stereocenters. The van der Waals surface area contributed by atoms with Crippen LogP contribution in [0.5, 0.6) is 5.75 Å². The lowest BCUT2D eigenvalue weighted by atomic mass is 9.97. The van der Waals surface area contributed by atoms with E-state index in [1.165, 1.54) is 34.9 Å². The zero-order valence-corrected chi connectivity index (χ0v) is 23.8. The molecule has 1 aliphatic carbocycles. The highest BCUT2D eigenvalue weighted by Gasteiger charge is 2.61. The molecule has 0 radical (unpaired) electrons. The van der Waals surface area contributed by atoms with Crippen LogP contribution in [0.25, 0.3) is 11.3 Å². The summed E-state index contributed by atoms with van der Waals surface area (Å²) in [5.74, 6) is 0.275. The topological polar surface area (TPSA) is 93.9 Å². The number of ether oxygens (including phenoxy) is 1. The number of aromatic nitrogens is 3. The van der Waals surface area contributed by atoms with Crippen LogP contribution in [0.3, 0.4) is 0 Å². The molecule has 1 saturated heterocycles. The van der Waals surface area contributed by atoms with Gasteiger partial charge in [-0.15, -0.1) is 10.2 Å². The van der Waals surface area contributed by atoms with E-state index in [0.29, 0.717) is 35.9 Å². The molecule has 1 fully saturated rings. The van der Waals surface area contributed by atoms with E-state index in [4.69, 9.17) is 4.84 Å². The monoisotopic (exact) mass is 622 g/mol. The highest BCUT2D eigenvalue weighted by atomic mass is 32.2. The summed E-state index contributed by atoms with van der Waals surface area (Å²) in [4.78, 5) is 24.3. The summed E-state index contributed by atoms with van der Waals surface area (Å²) < 4.78 is 68.6. The van der Waals surface area contributed by atoms with E-state index >= 15 is 0 Å². The fraction of sp³-hybridized carbons (Fsp3) is 0.357. The molecule has 1 atom stereocenters. The van der Waals surface area contributed by atoms with Crippen LogP contribution in [0.15, 0.2) is 66.0 Å². The molecule has 1 aromatic heterocycles. The van der Waals surface area contributed by atoms with Gasteiger partial charge < -0.3 is 4.74 Å². The minimum atomic E-state index is -5.83. The number of anilines is 1. The Balaban J connectivity index is 1.17. The van der Waals surface area contributed by atoms with E-state index in [1.807, 2.05) is 30.3 Å². The second-order valence-electron chi connectivity index (χ2n) is 10.1. The van der Waals surface area contributed by atoms with Gasteiger partial charge in [-0.05, 0) is 66.6 Å². The van der Waals surface area contributed by atoms with Gasteiger partial charge >= 0.3 is 12.3 Å². The third-order valence-electron chi connectivity index (χ3n) is 6.74. The SMILES string of the molecule is CC(C)c1ccccc1N1C(=O)CS/C1=N\NOC1CC=C(c2ncn(-c3ccc(OC(F)(F)C(F)(F)F)cc3)n2)CC1. The average Bonchev–Trinajstić information content (AvgIpc) is 3.60. The number of alkyl halides is 5. The van der Waals surface area contributed by atoms with Crippen molar-refractivity contribution in [2.45, 2.75) is 57.4 Å². The number of hydrazone groups is 1. The number of rotatable bonds is 9. The van der Waals surface area contributed by atoms with E-state index in [2.05, 4.69) is 39.4 Å². The maximum Gasteiger partial charge on any atom is 0.499 e. The first-order valence-corrected chi connectivity index (χ1v) is 14.3. The molecule has 3 aromatic rings. The van der Waals surface area contributed by atoms with Crippen LogP contribution in [0.1, 0.15) is 50.4 Å². The largest absolute Gasteiger partial charge is 0.499 e. The molecule has 2 aliphatic rings. The minimum absolute atomic E-state index is 0.0527. The highest BCUT2D eigenvalue weighted by molar-refractivity contribution is 8.15. The number of benzene rings is 2. The molecule has 0 spiro atoms. The zero-order chi connectivity index (χ0) is 30.8. The maximum absolute atomic E-state index is 13.1. The molecule has 15 heteroatoms. The van der Waals surface area contributed by atoms with Gasteiger partial charge in [0, 0.05) is 0 Å². The van der Waals surface area contributed by atoms with Gasteiger partial charge in [0.15, 0.2) is 11.0 Å². The molecule has 1 amide bonds. The van der Waals surface area contributed by atoms with E-state index in [-0.39, 0.29) is 23.7 Å². The van der Waals surface area contributed by atoms with Crippen molar-refractivity contribution < 1.29 is 36.3 Å². The first-order valence-electron chi connectivity index (χ1n) is 13.3. The molecule has 5 rings (SSSR count). The lowest BCUT2D eigenvalue weighted by Crippen LogP contribution is -2.41. The predicted octanol–water partition coefficient (Wildman–Crippen LogP) is 6.43. The summed E-state index contributed by atoms with van der Waals surface area (Å²) in [7, 11) is 0. The second-order valence-corrected chi connectivity index (χ2v) is 11.0. The van der Waals surface area contributed by atoms with Gasteiger partial charge in [-0.25, -0.2) is 9.67 Å². The number of amidine groups is 1. The smallest absolute Gasteiger partial charge is 0.426 e. The van der Waals surface area contributed by atoms with Crippen molar-refractivity contribution in [1.29, 1.82) is 0 Å². The lowest BCUT2D eigenvalue weighted by Gasteiger charge is -2.22. The molecular formula is C28H27F5N6O3S. The van der Waals surface area contributed by atoms with Crippen molar-refractivity contribution in [3.05, 3.63) is 72.3 Å². The first kappa shape index (κ1) is 30.5.